The molecule has 0 aliphatic heterocycles. The van der Waals surface area contributed by atoms with Gasteiger partial charge in [0.1, 0.15) is 17.5 Å². The summed E-state index contributed by atoms with van der Waals surface area (Å²) >= 11 is 0. The van der Waals surface area contributed by atoms with Crippen molar-refractivity contribution in [2.24, 2.45) is 0 Å². The van der Waals surface area contributed by atoms with Gasteiger partial charge in [0.25, 0.3) is 0 Å². The third-order valence-electron chi connectivity index (χ3n) is 2.56. The first-order valence-corrected chi connectivity index (χ1v) is 6.62. The molecule has 0 aliphatic carbocycles. The number of nitrogens with zero attached hydrogens (tertiary/aromatic N) is 3. The average Bonchev–Trinajstić information content (AvgIpc) is 2.42. The lowest BCUT2D eigenvalue weighted by atomic mass is 10.4. The van der Waals surface area contributed by atoms with Gasteiger partial charge in [-0.3, -0.25) is 4.79 Å². The molecule has 1 rings (SSSR count). The normalized spacial score (nSPS) is 10.1. The summed E-state index contributed by atoms with van der Waals surface area (Å²) in [6.45, 7) is 5.22. The maximum absolute atomic E-state index is 11.5. The van der Waals surface area contributed by atoms with E-state index in [0.29, 0.717) is 5.82 Å². The Balaban J connectivity index is 2.73. The van der Waals surface area contributed by atoms with Crippen LogP contribution in [0.5, 0.6) is 0 Å². The Labute approximate surface area is 114 Å². The van der Waals surface area contributed by atoms with Crippen molar-refractivity contribution >= 4 is 17.5 Å². The number of rotatable bonds is 7. The summed E-state index contributed by atoms with van der Waals surface area (Å²) in [5.41, 5.74) is 0. The second-order valence-corrected chi connectivity index (χ2v) is 4.48. The third kappa shape index (κ3) is 5.11. The minimum atomic E-state index is 0.0136. The Morgan fingerprint density at radius 2 is 1.84 bits per heavy atom. The van der Waals surface area contributed by atoms with Crippen LogP contribution in [0.25, 0.3) is 0 Å². The van der Waals surface area contributed by atoms with Gasteiger partial charge in [-0.05, 0) is 6.42 Å². The van der Waals surface area contributed by atoms with Gasteiger partial charge in [-0.1, -0.05) is 13.8 Å². The zero-order valence-corrected chi connectivity index (χ0v) is 12.2. The maximum Gasteiger partial charge on any atom is 0.241 e. The van der Waals surface area contributed by atoms with Gasteiger partial charge < -0.3 is 15.5 Å². The number of aryl methyl sites for hydroxylation is 1. The molecule has 1 amide bonds. The van der Waals surface area contributed by atoms with Gasteiger partial charge in [0, 0.05) is 33.1 Å². The summed E-state index contributed by atoms with van der Waals surface area (Å²) in [5.74, 6) is 2.26. The molecule has 0 spiro atoms. The van der Waals surface area contributed by atoms with E-state index in [1.807, 2.05) is 13.0 Å². The first-order valence-electron chi connectivity index (χ1n) is 6.62. The van der Waals surface area contributed by atoms with Crippen LogP contribution in [0.15, 0.2) is 6.07 Å². The number of amides is 1. The second-order valence-electron chi connectivity index (χ2n) is 4.48. The smallest absolute Gasteiger partial charge is 0.241 e. The summed E-state index contributed by atoms with van der Waals surface area (Å²) in [4.78, 5) is 21.8. The monoisotopic (exact) mass is 265 g/mol. The van der Waals surface area contributed by atoms with Crippen LogP contribution in [0.3, 0.4) is 0 Å². The molecule has 0 atom stereocenters. The van der Waals surface area contributed by atoms with Gasteiger partial charge in [-0.2, -0.15) is 0 Å². The number of carbonyl (C=O) groups is 1. The van der Waals surface area contributed by atoms with E-state index in [2.05, 4.69) is 27.5 Å². The largest absolute Gasteiger partial charge is 0.370 e. The molecule has 0 unspecified atom stereocenters. The van der Waals surface area contributed by atoms with Crippen molar-refractivity contribution in [3.63, 3.8) is 0 Å². The highest BCUT2D eigenvalue weighted by Gasteiger charge is 2.06. The predicted molar refractivity (Wildman–Crippen MR) is 77.4 cm³/mol. The lowest BCUT2D eigenvalue weighted by molar-refractivity contribution is -0.126. The Morgan fingerprint density at radius 3 is 2.37 bits per heavy atom. The fraction of sp³-hybridized carbons (Fsp3) is 0.615. The van der Waals surface area contributed by atoms with E-state index in [0.717, 1.165) is 31.0 Å². The lowest BCUT2D eigenvalue weighted by Crippen LogP contribution is -2.29. The van der Waals surface area contributed by atoms with Crippen LogP contribution in [-0.4, -0.2) is 48.0 Å². The van der Waals surface area contributed by atoms with Gasteiger partial charge in [0.15, 0.2) is 0 Å². The number of likely N-dealkylation sites (N-methyl/N-ethyl adjacent to an activating group) is 1. The van der Waals surface area contributed by atoms with Crippen LogP contribution in [-0.2, 0) is 11.2 Å². The molecule has 106 valence electrons. The van der Waals surface area contributed by atoms with Gasteiger partial charge in [-0.25, -0.2) is 9.97 Å². The van der Waals surface area contributed by atoms with E-state index in [-0.39, 0.29) is 12.5 Å². The molecule has 0 fully saturated rings. The van der Waals surface area contributed by atoms with Crippen molar-refractivity contribution in [3.05, 3.63) is 11.9 Å². The number of anilines is 2. The highest BCUT2D eigenvalue weighted by atomic mass is 16.2. The summed E-state index contributed by atoms with van der Waals surface area (Å²) in [7, 11) is 3.46. The Hall–Kier alpha value is -1.85. The van der Waals surface area contributed by atoms with Crippen molar-refractivity contribution in [1.82, 2.24) is 14.9 Å². The SMILES string of the molecule is CCCNc1cc(NCC(=O)N(C)C)nc(CC)n1. The third-order valence-corrected chi connectivity index (χ3v) is 2.56. The van der Waals surface area contributed by atoms with E-state index in [4.69, 9.17) is 0 Å². The number of carbonyl (C=O) groups excluding carboxylic acids is 1. The first-order chi connectivity index (χ1) is 9.06. The van der Waals surface area contributed by atoms with Gasteiger partial charge in [0.05, 0.1) is 6.54 Å². The molecule has 0 radical (unpaired) electrons. The van der Waals surface area contributed by atoms with Gasteiger partial charge in [-0.15, -0.1) is 0 Å². The maximum atomic E-state index is 11.5. The van der Waals surface area contributed by atoms with Crippen molar-refractivity contribution in [2.45, 2.75) is 26.7 Å². The van der Waals surface area contributed by atoms with Crippen LogP contribution in [0.1, 0.15) is 26.1 Å². The number of hydrogen-bond donors (Lipinski definition) is 2. The average molecular weight is 265 g/mol. The predicted octanol–water partition coefficient (Wildman–Crippen LogP) is 1.36. The zero-order valence-electron chi connectivity index (χ0n) is 12.2. The van der Waals surface area contributed by atoms with Crippen molar-refractivity contribution < 1.29 is 4.79 Å². The molecule has 0 bridgehead atoms. The Bertz CT molecular complexity index is 419. The molecule has 0 aliphatic rings. The summed E-state index contributed by atoms with van der Waals surface area (Å²) in [6, 6.07) is 1.83. The highest BCUT2D eigenvalue weighted by molar-refractivity contribution is 5.80. The number of nitrogens with one attached hydrogen (secondary N) is 2. The minimum absolute atomic E-state index is 0.0136. The molecular formula is C13H23N5O. The topological polar surface area (TPSA) is 70.2 Å². The molecular weight excluding hydrogens is 242 g/mol. The summed E-state index contributed by atoms with van der Waals surface area (Å²) < 4.78 is 0. The fourth-order valence-electron chi connectivity index (χ4n) is 1.41. The van der Waals surface area contributed by atoms with E-state index in [9.17, 15) is 4.79 Å². The fourth-order valence-corrected chi connectivity index (χ4v) is 1.41. The minimum Gasteiger partial charge on any atom is -0.370 e. The molecule has 6 heteroatoms. The molecule has 1 aromatic heterocycles. The summed E-state index contributed by atoms with van der Waals surface area (Å²) in [6.07, 6.45) is 1.80. The van der Waals surface area contributed by atoms with Crippen molar-refractivity contribution in [3.8, 4) is 0 Å². The van der Waals surface area contributed by atoms with Gasteiger partial charge >= 0.3 is 0 Å². The molecule has 0 saturated heterocycles. The second kappa shape index (κ2) is 7.56. The quantitative estimate of drug-likeness (QED) is 0.779. The van der Waals surface area contributed by atoms with E-state index in [1.165, 1.54) is 0 Å². The molecule has 6 nitrogen and oxygen atoms in total. The highest BCUT2D eigenvalue weighted by Crippen LogP contribution is 2.11. The molecule has 2 N–H and O–H groups in total. The Kier molecular flexibility index (Phi) is 6.05. The van der Waals surface area contributed by atoms with E-state index in [1.54, 1.807) is 19.0 Å². The van der Waals surface area contributed by atoms with Crippen molar-refractivity contribution in [1.29, 1.82) is 0 Å². The van der Waals surface area contributed by atoms with E-state index >= 15 is 0 Å². The zero-order chi connectivity index (χ0) is 14.3. The molecule has 1 aromatic rings. The summed E-state index contributed by atoms with van der Waals surface area (Å²) in [5, 5.41) is 6.27. The lowest BCUT2D eigenvalue weighted by Gasteiger charge is -2.13. The van der Waals surface area contributed by atoms with Gasteiger partial charge in [0.2, 0.25) is 5.91 Å². The molecule has 1 heterocycles. The van der Waals surface area contributed by atoms with Crippen LogP contribution < -0.4 is 10.6 Å². The molecule has 19 heavy (non-hydrogen) atoms. The standard InChI is InChI=1S/C13H23N5O/c1-5-7-14-11-8-12(17-10(6-2)16-11)15-9-13(19)18(3)4/h8H,5-7,9H2,1-4H3,(H2,14,15,16,17). The van der Waals surface area contributed by atoms with Crippen LogP contribution >= 0.6 is 0 Å². The van der Waals surface area contributed by atoms with Crippen molar-refractivity contribution in [2.75, 3.05) is 37.8 Å². The number of aromatic nitrogens is 2. The molecule has 0 aromatic carbocycles. The first kappa shape index (κ1) is 15.2. The van der Waals surface area contributed by atoms with E-state index < -0.39 is 0 Å². The number of hydrogen-bond acceptors (Lipinski definition) is 5. The Morgan fingerprint density at radius 1 is 1.21 bits per heavy atom. The van der Waals surface area contributed by atoms with Crippen LogP contribution in [0.2, 0.25) is 0 Å². The molecule has 0 saturated carbocycles. The van der Waals surface area contributed by atoms with Crippen LogP contribution in [0.4, 0.5) is 11.6 Å². The van der Waals surface area contributed by atoms with Crippen LogP contribution in [0, 0.1) is 0 Å².